The summed E-state index contributed by atoms with van der Waals surface area (Å²) in [5.41, 5.74) is 0.336. The lowest BCUT2D eigenvalue weighted by Gasteiger charge is -2.41. The maximum Gasteiger partial charge on any atom is 0.416 e. The molecule has 0 saturated carbocycles. The maximum absolute atomic E-state index is 14.0. The van der Waals surface area contributed by atoms with Gasteiger partial charge >= 0.3 is 11.9 Å². The van der Waals surface area contributed by atoms with E-state index in [2.05, 4.69) is 9.88 Å². The van der Waals surface area contributed by atoms with Crippen molar-refractivity contribution in [3.8, 4) is 11.6 Å². The van der Waals surface area contributed by atoms with Crippen molar-refractivity contribution in [3.63, 3.8) is 0 Å². The van der Waals surface area contributed by atoms with E-state index in [1.54, 1.807) is 36.1 Å². The van der Waals surface area contributed by atoms with Gasteiger partial charge in [0, 0.05) is 19.3 Å². The molecule has 0 amide bonds. The highest BCUT2D eigenvalue weighted by molar-refractivity contribution is 5.83. The van der Waals surface area contributed by atoms with Crippen molar-refractivity contribution in [1.29, 1.82) is 0 Å². The number of hydrogen-bond donors (Lipinski definition) is 0. The molecule has 0 radical (unpaired) electrons. The Balaban J connectivity index is 1.58. The molecule has 0 N–H and O–H groups in total. The molecule has 1 saturated heterocycles. The summed E-state index contributed by atoms with van der Waals surface area (Å²) in [7, 11) is 3.07. The van der Waals surface area contributed by atoms with Gasteiger partial charge in [-0.2, -0.15) is 13.2 Å². The summed E-state index contributed by atoms with van der Waals surface area (Å²) >= 11 is 0. The highest BCUT2D eigenvalue weighted by atomic mass is 19.4. The topological polar surface area (TPSA) is 61.5 Å². The number of ether oxygens (including phenoxy) is 2. The molecule has 2 aromatic heterocycles. The minimum atomic E-state index is -4.53. The molecule has 4 aromatic rings. The lowest BCUT2D eigenvalue weighted by atomic mass is 9.88. The van der Waals surface area contributed by atoms with Gasteiger partial charge in [0.1, 0.15) is 11.3 Å². The first-order chi connectivity index (χ1) is 18.2. The fourth-order valence-electron chi connectivity index (χ4n) is 5.45. The fraction of sp³-hybridized carbons (Fsp3) is 0.357. The van der Waals surface area contributed by atoms with Gasteiger partial charge in [0.25, 0.3) is 0 Å². The zero-order valence-corrected chi connectivity index (χ0v) is 21.5. The van der Waals surface area contributed by atoms with Crippen molar-refractivity contribution < 1.29 is 22.6 Å². The molecule has 5 rings (SSSR count). The van der Waals surface area contributed by atoms with E-state index in [-0.39, 0.29) is 17.8 Å². The summed E-state index contributed by atoms with van der Waals surface area (Å²) in [5.74, 6) is 0.974. The molecule has 0 aliphatic carbocycles. The molecule has 0 atom stereocenters. The second-order valence-corrected chi connectivity index (χ2v) is 9.70. The van der Waals surface area contributed by atoms with E-state index in [0.29, 0.717) is 48.6 Å². The number of rotatable bonds is 6. The quantitative estimate of drug-likeness (QED) is 0.341. The number of nitrogens with zero attached hydrogens (tertiary/aromatic N) is 4. The molecule has 1 fully saturated rings. The number of fused-ring (bicyclic) bond motifs is 1. The van der Waals surface area contributed by atoms with Crippen LogP contribution in [0, 0.1) is 0 Å². The Hall–Kier alpha value is -3.95. The predicted molar refractivity (Wildman–Crippen MR) is 139 cm³/mol. The second kappa shape index (κ2) is 9.74. The third-order valence-electron chi connectivity index (χ3n) is 7.45. The van der Waals surface area contributed by atoms with Crippen LogP contribution in [0.25, 0.3) is 11.0 Å². The van der Waals surface area contributed by atoms with Crippen LogP contribution in [0.2, 0.25) is 0 Å². The number of imidazole rings is 1. The number of pyridine rings is 1. The van der Waals surface area contributed by atoms with Crippen molar-refractivity contribution in [3.05, 3.63) is 82.4 Å². The van der Waals surface area contributed by atoms with Gasteiger partial charge in [-0.15, -0.1) is 0 Å². The van der Waals surface area contributed by atoms with Gasteiger partial charge in [-0.1, -0.05) is 24.3 Å². The number of para-hydroxylation sites is 1. The summed E-state index contributed by atoms with van der Waals surface area (Å²) in [5, 5.41) is 0. The molecular weight excluding hydrogens is 497 g/mol. The van der Waals surface area contributed by atoms with E-state index in [1.807, 2.05) is 25.1 Å². The standard InChI is InChI=1S/C28H29F3N4O3/c1-27(13-16-33(17-14-27)22-11-7-15-32-25(22)38-3)35-21-10-6-12-23(37-2)24(21)34(26(35)36)18-19-8-4-5-9-20(19)28(29,30)31/h4-12,15H,13-14,16-18H2,1-3H3. The van der Waals surface area contributed by atoms with Crippen LogP contribution in [0.1, 0.15) is 30.9 Å². The van der Waals surface area contributed by atoms with Crippen LogP contribution < -0.4 is 20.1 Å². The van der Waals surface area contributed by atoms with Gasteiger partial charge in [-0.05, 0) is 55.7 Å². The molecule has 38 heavy (non-hydrogen) atoms. The molecule has 1 aliphatic heterocycles. The third-order valence-corrected chi connectivity index (χ3v) is 7.45. The van der Waals surface area contributed by atoms with Crippen LogP contribution in [-0.4, -0.2) is 41.4 Å². The number of methoxy groups -OCH3 is 2. The van der Waals surface area contributed by atoms with Gasteiger partial charge in [0.2, 0.25) is 5.88 Å². The van der Waals surface area contributed by atoms with Crippen molar-refractivity contribution in [1.82, 2.24) is 14.1 Å². The van der Waals surface area contributed by atoms with Crippen molar-refractivity contribution >= 4 is 16.7 Å². The number of piperidine rings is 1. The summed E-state index contributed by atoms with van der Waals surface area (Å²) in [6, 6.07) is 14.5. The lowest BCUT2D eigenvalue weighted by molar-refractivity contribution is -0.138. The van der Waals surface area contributed by atoms with Gasteiger partial charge in [0.05, 0.1) is 43.1 Å². The molecule has 200 valence electrons. The number of halogens is 3. The van der Waals surface area contributed by atoms with Gasteiger partial charge in [-0.25, -0.2) is 9.78 Å². The van der Waals surface area contributed by atoms with Crippen LogP contribution in [-0.2, 0) is 18.3 Å². The summed E-state index contributed by atoms with van der Waals surface area (Å²) in [4.78, 5) is 20.5. The molecular formula is C28H29F3N4O3. The van der Waals surface area contributed by atoms with Crippen LogP contribution >= 0.6 is 0 Å². The van der Waals surface area contributed by atoms with Gasteiger partial charge in [0.15, 0.2) is 0 Å². The second-order valence-electron chi connectivity index (χ2n) is 9.70. The molecule has 0 unspecified atom stereocenters. The first-order valence-corrected chi connectivity index (χ1v) is 12.4. The molecule has 2 aromatic carbocycles. The SMILES string of the molecule is COc1ncccc1N1CCC(C)(n2c(=O)n(Cc3ccccc3C(F)(F)F)c3c(OC)cccc32)CC1. The van der Waals surface area contributed by atoms with E-state index in [9.17, 15) is 18.0 Å². The first-order valence-electron chi connectivity index (χ1n) is 12.4. The number of benzene rings is 2. The third kappa shape index (κ3) is 4.37. The lowest BCUT2D eigenvalue weighted by Crippen LogP contribution is -2.48. The monoisotopic (exact) mass is 526 g/mol. The van der Waals surface area contributed by atoms with E-state index >= 15 is 0 Å². The summed E-state index contributed by atoms with van der Waals surface area (Å²) in [6.07, 6.45) is -1.58. The average molecular weight is 527 g/mol. The molecule has 7 nitrogen and oxygen atoms in total. The largest absolute Gasteiger partial charge is 0.494 e. The Morgan fingerprint density at radius 1 is 0.974 bits per heavy atom. The maximum atomic E-state index is 14.0. The zero-order chi connectivity index (χ0) is 27.1. The zero-order valence-electron chi connectivity index (χ0n) is 21.5. The van der Waals surface area contributed by atoms with E-state index in [0.717, 1.165) is 11.8 Å². The predicted octanol–water partition coefficient (Wildman–Crippen LogP) is 5.30. The van der Waals surface area contributed by atoms with Gasteiger partial charge < -0.3 is 14.4 Å². The highest BCUT2D eigenvalue weighted by Gasteiger charge is 2.37. The Labute approximate surface area is 218 Å². The minimum absolute atomic E-state index is 0.0238. The smallest absolute Gasteiger partial charge is 0.416 e. The number of anilines is 1. The van der Waals surface area contributed by atoms with Crippen molar-refractivity contribution in [2.45, 2.75) is 38.0 Å². The Morgan fingerprint density at radius 2 is 1.71 bits per heavy atom. The van der Waals surface area contributed by atoms with Crippen molar-refractivity contribution in [2.24, 2.45) is 0 Å². The molecule has 1 aliphatic rings. The normalized spacial score (nSPS) is 15.6. The Kier molecular flexibility index (Phi) is 6.58. The number of hydrogen-bond acceptors (Lipinski definition) is 5. The van der Waals surface area contributed by atoms with Crippen LogP contribution in [0.4, 0.5) is 18.9 Å². The fourth-order valence-corrected chi connectivity index (χ4v) is 5.45. The molecule has 10 heteroatoms. The minimum Gasteiger partial charge on any atom is -0.494 e. The molecule has 0 bridgehead atoms. The van der Waals surface area contributed by atoms with E-state index in [1.165, 1.54) is 23.8 Å². The van der Waals surface area contributed by atoms with Crippen LogP contribution in [0.15, 0.2) is 65.6 Å². The molecule has 0 spiro atoms. The first kappa shape index (κ1) is 25.7. The number of alkyl halides is 3. The van der Waals surface area contributed by atoms with Crippen LogP contribution in [0.5, 0.6) is 11.6 Å². The Bertz CT molecular complexity index is 1520. The highest BCUT2D eigenvalue weighted by Crippen LogP contribution is 2.38. The Morgan fingerprint density at radius 3 is 2.39 bits per heavy atom. The van der Waals surface area contributed by atoms with Crippen molar-refractivity contribution in [2.75, 3.05) is 32.2 Å². The molecule has 3 heterocycles. The van der Waals surface area contributed by atoms with E-state index in [4.69, 9.17) is 9.47 Å². The number of aromatic nitrogens is 3. The average Bonchev–Trinajstić information content (AvgIpc) is 3.20. The summed E-state index contributed by atoms with van der Waals surface area (Å²) < 4.78 is 55.4. The van der Waals surface area contributed by atoms with E-state index < -0.39 is 17.3 Å². The van der Waals surface area contributed by atoms with Crippen LogP contribution in [0.3, 0.4) is 0 Å². The summed E-state index contributed by atoms with van der Waals surface area (Å²) in [6.45, 7) is 3.10. The van der Waals surface area contributed by atoms with Gasteiger partial charge in [-0.3, -0.25) is 9.13 Å².